The Morgan fingerprint density at radius 2 is 2.15 bits per heavy atom. The average Bonchev–Trinajstić information content (AvgIpc) is 2.81. The van der Waals surface area contributed by atoms with Gasteiger partial charge < -0.3 is 0 Å². The number of benzene rings is 1. The zero-order valence-corrected chi connectivity index (χ0v) is 13.1. The van der Waals surface area contributed by atoms with Crippen molar-refractivity contribution in [1.82, 2.24) is 19.7 Å². The standard InChI is InChI=1S/C14H18N4S2/c1-11-3-2-4-12(9-11)18-13(15-16-14(18)19)10-17-5-7-20-8-6-17/h2-4,9H,5-8,10H2,1H3,(H,16,19). The Kier molecular flexibility index (Phi) is 4.24. The Morgan fingerprint density at radius 3 is 2.90 bits per heavy atom. The third-order valence-electron chi connectivity index (χ3n) is 3.47. The number of H-pyrrole nitrogens is 1. The van der Waals surface area contributed by atoms with E-state index >= 15 is 0 Å². The zero-order chi connectivity index (χ0) is 13.9. The van der Waals surface area contributed by atoms with E-state index in [1.165, 1.54) is 17.1 Å². The lowest BCUT2D eigenvalue weighted by molar-refractivity contribution is 0.285. The van der Waals surface area contributed by atoms with Gasteiger partial charge in [-0.15, -0.1) is 0 Å². The number of nitrogens with zero attached hydrogens (tertiary/aromatic N) is 3. The summed E-state index contributed by atoms with van der Waals surface area (Å²) in [5.41, 5.74) is 2.32. The Hall–Kier alpha value is -1.11. The number of nitrogens with one attached hydrogen (secondary N) is 1. The molecule has 0 spiro atoms. The molecule has 4 nitrogen and oxygen atoms in total. The zero-order valence-electron chi connectivity index (χ0n) is 11.5. The fourth-order valence-corrected chi connectivity index (χ4v) is 3.66. The molecule has 2 heterocycles. The van der Waals surface area contributed by atoms with Crippen LogP contribution in [0.15, 0.2) is 24.3 Å². The highest BCUT2D eigenvalue weighted by Crippen LogP contribution is 2.16. The van der Waals surface area contributed by atoms with Crippen molar-refractivity contribution in [2.24, 2.45) is 0 Å². The van der Waals surface area contributed by atoms with Crippen molar-refractivity contribution < 1.29 is 0 Å². The lowest BCUT2D eigenvalue weighted by atomic mass is 10.2. The third-order valence-corrected chi connectivity index (χ3v) is 4.69. The van der Waals surface area contributed by atoms with E-state index in [9.17, 15) is 0 Å². The smallest absolute Gasteiger partial charge is 0.199 e. The SMILES string of the molecule is Cc1cccc(-n2c(CN3CCSCC3)n[nH]c2=S)c1. The molecule has 0 bridgehead atoms. The molecule has 1 aromatic carbocycles. The van der Waals surface area contributed by atoms with Crippen LogP contribution in [0.1, 0.15) is 11.4 Å². The number of hydrogen-bond acceptors (Lipinski definition) is 4. The van der Waals surface area contributed by atoms with Gasteiger partial charge in [-0.2, -0.15) is 16.9 Å². The van der Waals surface area contributed by atoms with Crippen molar-refractivity contribution >= 4 is 24.0 Å². The summed E-state index contributed by atoms with van der Waals surface area (Å²) in [6.45, 7) is 5.19. The van der Waals surface area contributed by atoms with E-state index in [1.807, 2.05) is 16.3 Å². The molecule has 6 heteroatoms. The first kappa shape index (κ1) is 13.9. The first-order chi connectivity index (χ1) is 9.74. The van der Waals surface area contributed by atoms with E-state index in [4.69, 9.17) is 12.2 Å². The number of thioether (sulfide) groups is 1. The summed E-state index contributed by atoms with van der Waals surface area (Å²) in [5, 5.41) is 7.34. The highest BCUT2D eigenvalue weighted by atomic mass is 32.2. The number of aryl methyl sites for hydroxylation is 1. The summed E-state index contributed by atoms with van der Waals surface area (Å²) in [7, 11) is 0. The topological polar surface area (TPSA) is 36.9 Å². The van der Waals surface area contributed by atoms with Crippen LogP contribution in [0.5, 0.6) is 0 Å². The quantitative estimate of drug-likeness (QED) is 0.885. The van der Waals surface area contributed by atoms with Crippen LogP contribution in [-0.2, 0) is 6.54 Å². The van der Waals surface area contributed by atoms with Crippen LogP contribution < -0.4 is 0 Å². The van der Waals surface area contributed by atoms with Crippen LogP contribution in [0.25, 0.3) is 5.69 Å². The van der Waals surface area contributed by atoms with E-state index in [0.717, 1.165) is 31.1 Å². The van der Waals surface area contributed by atoms with Gasteiger partial charge in [0.05, 0.1) is 6.54 Å². The van der Waals surface area contributed by atoms with Crippen LogP contribution in [0.4, 0.5) is 0 Å². The summed E-state index contributed by atoms with van der Waals surface area (Å²) < 4.78 is 2.71. The minimum absolute atomic E-state index is 0.664. The second kappa shape index (κ2) is 6.11. The van der Waals surface area contributed by atoms with E-state index in [1.54, 1.807) is 0 Å². The maximum atomic E-state index is 5.39. The molecule has 1 N–H and O–H groups in total. The van der Waals surface area contributed by atoms with Gasteiger partial charge in [-0.05, 0) is 36.8 Å². The minimum atomic E-state index is 0.664. The Balaban J connectivity index is 1.91. The number of rotatable bonds is 3. The van der Waals surface area contributed by atoms with Gasteiger partial charge in [0, 0.05) is 30.3 Å². The molecule has 0 atom stereocenters. The van der Waals surface area contributed by atoms with E-state index in [2.05, 4.69) is 46.3 Å². The van der Waals surface area contributed by atoms with Crippen molar-refractivity contribution in [2.45, 2.75) is 13.5 Å². The van der Waals surface area contributed by atoms with Crippen molar-refractivity contribution in [3.8, 4) is 5.69 Å². The maximum Gasteiger partial charge on any atom is 0.199 e. The van der Waals surface area contributed by atoms with Crippen molar-refractivity contribution in [3.05, 3.63) is 40.4 Å². The summed E-state index contributed by atoms with van der Waals surface area (Å²) in [6.07, 6.45) is 0. The van der Waals surface area contributed by atoms with Gasteiger partial charge in [0.2, 0.25) is 0 Å². The lowest BCUT2D eigenvalue weighted by Gasteiger charge is -2.25. The molecule has 106 valence electrons. The van der Waals surface area contributed by atoms with Gasteiger partial charge in [-0.3, -0.25) is 14.6 Å². The number of aromatic nitrogens is 3. The number of aromatic amines is 1. The normalized spacial score (nSPS) is 16.4. The Labute approximate surface area is 128 Å². The predicted octanol–water partition coefficient (Wildman–Crippen LogP) is 2.79. The summed E-state index contributed by atoms with van der Waals surface area (Å²) in [4.78, 5) is 2.44. The van der Waals surface area contributed by atoms with Crippen molar-refractivity contribution in [3.63, 3.8) is 0 Å². The van der Waals surface area contributed by atoms with Crippen LogP contribution in [0.2, 0.25) is 0 Å². The molecule has 1 aliphatic rings. The molecule has 20 heavy (non-hydrogen) atoms. The number of hydrogen-bond donors (Lipinski definition) is 1. The minimum Gasteiger partial charge on any atom is -0.294 e. The highest BCUT2D eigenvalue weighted by molar-refractivity contribution is 7.99. The van der Waals surface area contributed by atoms with Crippen LogP contribution in [0, 0.1) is 11.7 Å². The Morgan fingerprint density at radius 1 is 1.35 bits per heavy atom. The molecule has 0 amide bonds. The predicted molar refractivity (Wildman–Crippen MR) is 86.1 cm³/mol. The highest BCUT2D eigenvalue weighted by Gasteiger charge is 2.15. The van der Waals surface area contributed by atoms with Gasteiger partial charge in [0.1, 0.15) is 5.82 Å². The van der Waals surface area contributed by atoms with Gasteiger partial charge in [-0.25, -0.2) is 0 Å². The largest absolute Gasteiger partial charge is 0.294 e. The van der Waals surface area contributed by atoms with Gasteiger partial charge >= 0.3 is 0 Å². The van der Waals surface area contributed by atoms with Gasteiger partial charge in [-0.1, -0.05) is 12.1 Å². The van der Waals surface area contributed by atoms with Crippen molar-refractivity contribution in [2.75, 3.05) is 24.6 Å². The molecule has 2 aromatic rings. The summed E-state index contributed by atoms with van der Waals surface area (Å²) >= 11 is 7.41. The van der Waals surface area contributed by atoms with E-state index in [0.29, 0.717) is 4.77 Å². The molecule has 1 fully saturated rings. The second-order valence-corrected chi connectivity index (χ2v) is 6.62. The lowest BCUT2D eigenvalue weighted by Crippen LogP contribution is -2.33. The molecule has 1 saturated heterocycles. The second-order valence-electron chi connectivity index (χ2n) is 5.01. The fourth-order valence-electron chi connectivity index (χ4n) is 2.43. The first-order valence-electron chi connectivity index (χ1n) is 6.77. The monoisotopic (exact) mass is 306 g/mol. The van der Waals surface area contributed by atoms with E-state index in [-0.39, 0.29) is 0 Å². The first-order valence-corrected chi connectivity index (χ1v) is 8.34. The molecule has 0 saturated carbocycles. The fraction of sp³-hybridized carbons (Fsp3) is 0.429. The molecule has 0 unspecified atom stereocenters. The van der Waals surface area contributed by atoms with Gasteiger partial charge in [0.25, 0.3) is 0 Å². The van der Waals surface area contributed by atoms with Crippen molar-refractivity contribution in [1.29, 1.82) is 0 Å². The molecular formula is C14H18N4S2. The molecule has 0 aliphatic carbocycles. The average molecular weight is 306 g/mol. The molecule has 0 radical (unpaired) electrons. The van der Waals surface area contributed by atoms with Gasteiger partial charge in [0.15, 0.2) is 4.77 Å². The van der Waals surface area contributed by atoms with Crippen LogP contribution >= 0.6 is 24.0 Å². The maximum absolute atomic E-state index is 5.39. The summed E-state index contributed by atoms with van der Waals surface area (Å²) in [5.74, 6) is 3.40. The summed E-state index contributed by atoms with van der Waals surface area (Å²) in [6, 6.07) is 8.37. The van der Waals surface area contributed by atoms with Crippen LogP contribution in [0.3, 0.4) is 0 Å². The van der Waals surface area contributed by atoms with E-state index < -0.39 is 0 Å². The third kappa shape index (κ3) is 2.97. The van der Waals surface area contributed by atoms with Crippen LogP contribution in [-0.4, -0.2) is 44.3 Å². The molecular weight excluding hydrogens is 288 g/mol. The molecule has 3 rings (SSSR count). The Bertz CT molecular complexity index is 641. The molecule has 1 aromatic heterocycles. The molecule has 1 aliphatic heterocycles.